The third-order valence-corrected chi connectivity index (χ3v) is 6.03. The molecule has 1 saturated carbocycles. The standard InChI is InChI=1S/C24H27FN4O4/c1-15(8-9-20(26-2)29-11-5-10-27-29)12-16-13-17-23(21(25)22(16)32-3)33-14-28(24(17)31)18-6-4-7-19(18)30/h5,8-11,13,18-19,30H,2,4,6-7,12,14H2,1,3H3/b15-8+,20-9+/t18-,19-/m0/s1. The zero-order valence-electron chi connectivity index (χ0n) is 18.7. The van der Waals surface area contributed by atoms with Gasteiger partial charge in [0.2, 0.25) is 5.82 Å². The van der Waals surface area contributed by atoms with Crippen LogP contribution in [0.2, 0.25) is 0 Å². The van der Waals surface area contributed by atoms with Crippen molar-refractivity contribution in [1.82, 2.24) is 14.7 Å². The molecule has 9 heteroatoms. The second-order valence-corrected chi connectivity index (χ2v) is 8.20. The molecule has 2 heterocycles. The zero-order valence-corrected chi connectivity index (χ0v) is 18.7. The number of methoxy groups -OCH3 is 1. The molecule has 0 saturated heterocycles. The number of nitrogens with zero attached hydrogens (tertiary/aromatic N) is 4. The number of hydrogen-bond donors (Lipinski definition) is 1. The number of carbonyl (C=O) groups is 1. The number of benzene rings is 1. The summed E-state index contributed by atoms with van der Waals surface area (Å²) in [6, 6.07) is 3.08. The summed E-state index contributed by atoms with van der Waals surface area (Å²) in [6.07, 6.45) is 8.90. The average Bonchev–Trinajstić information content (AvgIpc) is 3.48. The molecule has 1 N–H and O–H groups in total. The summed E-state index contributed by atoms with van der Waals surface area (Å²) in [5.74, 6) is -0.566. The third-order valence-electron chi connectivity index (χ3n) is 6.03. The van der Waals surface area contributed by atoms with Crippen LogP contribution in [-0.4, -0.2) is 58.4 Å². The van der Waals surface area contributed by atoms with Crippen molar-refractivity contribution < 1.29 is 23.8 Å². The van der Waals surface area contributed by atoms with Crippen molar-refractivity contribution in [2.24, 2.45) is 4.99 Å². The summed E-state index contributed by atoms with van der Waals surface area (Å²) >= 11 is 0. The lowest BCUT2D eigenvalue weighted by atomic mass is 9.99. The van der Waals surface area contributed by atoms with Crippen molar-refractivity contribution in [2.75, 3.05) is 13.8 Å². The number of aliphatic hydroxyl groups excluding tert-OH is 1. The van der Waals surface area contributed by atoms with Gasteiger partial charge >= 0.3 is 0 Å². The van der Waals surface area contributed by atoms with Crippen LogP contribution in [0.25, 0.3) is 5.82 Å². The number of hydrogen-bond acceptors (Lipinski definition) is 6. The molecular weight excluding hydrogens is 427 g/mol. The number of aliphatic imine (C=N–C) groups is 1. The predicted molar refractivity (Wildman–Crippen MR) is 122 cm³/mol. The van der Waals surface area contributed by atoms with Gasteiger partial charge in [0.1, 0.15) is 0 Å². The Morgan fingerprint density at radius 2 is 2.27 bits per heavy atom. The molecule has 1 amide bonds. The number of aliphatic hydroxyl groups is 1. The molecule has 1 aromatic carbocycles. The largest absolute Gasteiger partial charge is 0.493 e. The number of carbonyl (C=O) groups excluding carboxylic acids is 1. The van der Waals surface area contributed by atoms with Gasteiger partial charge in [0.25, 0.3) is 5.91 Å². The van der Waals surface area contributed by atoms with Crippen LogP contribution < -0.4 is 9.47 Å². The Morgan fingerprint density at radius 3 is 2.91 bits per heavy atom. The highest BCUT2D eigenvalue weighted by atomic mass is 19.1. The topological polar surface area (TPSA) is 89.2 Å². The van der Waals surface area contributed by atoms with Crippen LogP contribution in [0.1, 0.15) is 42.1 Å². The highest BCUT2D eigenvalue weighted by Crippen LogP contribution is 2.39. The molecule has 1 aliphatic heterocycles. The van der Waals surface area contributed by atoms with Crippen LogP contribution in [0.15, 0.2) is 47.2 Å². The van der Waals surface area contributed by atoms with Crippen LogP contribution in [0, 0.1) is 5.82 Å². The van der Waals surface area contributed by atoms with Gasteiger partial charge in [-0.05, 0) is 57.5 Å². The van der Waals surface area contributed by atoms with Crippen molar-refractivity contribution in [3.63, 3.8) is 0 Å². The van der Waals surface area contributed by atoms with Crippen molar-refractivity contribution in [3.05, 3.63) is 59.2 Å². The predicted octanol–water partition coefficient (Wildman–Crippen LogP) is 3.42. The lowest BCUT2D eigenvalue weighted by Gasteiger charge is -2.35. The van der Waals surface area contributed by atoms with E-state index in [2.05, 4.69) is 16.8 Å². The molecule has 2 atom stereocenters. The molecule has 0 radical (unpaired) electrons. The molecular formula is C24H27FN4O4. The summed E-state index contributed by atoms with van der Waals surface area (Å²) in [5, 5.41) is 14.4. The molecule has 8 nitrogen and oxygen atoms in total. The van der Waals surface area contributed by atoms with Crippen LogP contribution in [-0.2, 0) is 6.42 Å². The van der Waals surface area contributed by atoms with Gasteiger partial charge < -0.3 is 14.6 Å². The maximum atomic E-state index is 15.2. The Morgan fingerprint density at radius 1 is 1.45 bits per heavy atom. The lowest BCUT2D eigenvalue weighted by molar-refractivity contribution is 0.0114. The van der Waals surface area contributed by atoms with E-state index in [1.54, 1.807) is 35.3 Å². The van der Waals surface area contributed by atoms with E-state index in [4.69, 9.17) is 9.47 Å². The molecule has 33 heavy (non-hydrogen) atoms. The molecule has 2 aromatic rings. The lowest BCUT2D eigenvalue weighted by Crippen LogP contribution is -2.48. The second kappa shape index (κ2) is 9.58. The molecule has 0 unspecified atom stereocenters. The van der Waals surface area contributed by atoms with Crippen LogP contribution in [0.3, 0.4) is 0 Å². The fourth-order valence-electron chi connectivity index (χ4n) is 4.38. The van der Waals surface area contributed by atoms with Crippen molar-refractivity contribution in [2.45, 2.75) is 44.8 Å². The highest BCUT2D eigenvalue weighted by Gasteiger charge is 2.39. The number of aromatic nitrogens is 2. The number of fused-ring (bicyclic) bond motifs is 1. The van der Waals surface area contributed by atoms with Gasteiger partial charge in [0.05, 0.1) is 24.8 Å². The van der Waals surface area contributed by atoms with Gasteiger partial charge in [0, 0.05) is 18.0 Å². The van der Waals surface area contributed by atoms with Gasteiger partial charge in [-0.1, -0.05) is 11.6 Å². The number of halogens is 1. The first-order valence-electron chi connectivity index (χ1n) is 10.8. The minimum atomic E-state index is -0.696. The first-order chi connectivity index (χ1) is 15.9. The van der Waals surface area contributed by atoms with Crippen molar-refractivity contribution >= 4 is 18.4 Å². The summed E-state index contributed by atoms with van der Waals surface area (Å²) in [4.78, 5) is 18.7. The quantitative estimate of drug-likeness (QED) is 0.512. The Balaban J connectivity index is 1.64. The Labute approximate surface area is 191 Å². The fraction of sp³-hybridized carbons (Fsp3) is 0.375. The van der Waals surface area contributed by atoms with Crippen LogP contribution in [0.4, 0.5) is 4.39 Å². The molecule has 0 spiro atoms. The van der Waals surface area contributed by atoms with Crippen LogP contribution in [0.5, 0.6) is 11.5 Å². The minimum Gasteiger partial charge on any atom is -0.493 e. The van der Waals surface area contributed by atoms with Gasteiger partial charge in [-0.3, -0.25) is 9.69 Å². The number of amides is 1. The second-order valence-electron chi connectivity index (χ2n) is 8.20. The van der Waals surface area contributed by atoms with E-state index in [1.165, 1.54) is 12.0 Å². The summed E-state index contributed by atoms with van der Waals surface area (Å²) < 4.78 is 27.8. The first kappa shape index (κ1) is 22.7. The molecule has 1 fully saturated rings. The Hall–Kier alpha value is -3.46. The molecule has 2 aliphatic rings. The van der Waals surface area contributed by atoms with Gasteiger partial charge in [-0.2, -0.15) is 9.49 Å². The third kappa shape index (κ3) is 4.41. The van der Waals surface area contributed by atoms with Crippen molar-refractivity contribution in [1.29, 1.82) is 0 Å². The average molecular weight is 455 g/mol. The summed E-state index contributed by atoms with van der Waals surface area (Å²) in [7, 11) is 1.39. The van der Waals surface area contributed by atoms with E-state index < -0.39 is 11.9 Å². The smallest absolute Gasteiger partial charge is 0.260 e. The molecule has 4 rings (SSSR count). The monoisotopic (exact) mass is 454 g/mol. The number of rotatable bonds is 7. The maximum absolute atomic E-state index is 15.2. The molecule has 1 aromatic heterocycles. The van der Waals surface area contributed by atoms with E-state index >= 15 is 4.39 Å². The van der Waals surface area contributed by atoms with Gasteiger partial charge in [0.15, 0.2) is 24.1 Å². The van der Waals surface area contributed by atoms with E-state index in [0.717, 1.165) is 12.0 Å². The number of ether oxygens (including phenoxy) is 2. The highest BCUT2D eigenvalue weighted by molar-refractivity contribution is 5.98. The summed E-state index contributed by atoms with van der Waals surface area (Å²) in [5.41, 5.74) is 1.55. The zero-order chi connectivity index (χ0) is 23.5. The van der Waals surface area contributed by atoms with E-state index in [1.807, 2.05) is 13.0 Å². The molecule has 1 aliphatic carbocycles. The molecule has 174 valence electrons. The fourth-order valence-corrected chi connectivity index (χ4v) is 4.38. The van der Waals surface area contributed by atoms with Gasteiger partial charge in [-0.15, -0.1) is 0 Å². The molecule has 0 bridgehead atoms. The van der Waals surface area contributed by atoms with E-state index in [9.17, 15) is 9.90 Å². The summed E-state index contributed by atoms with van der Waals surface area (Å²) in [6.45, 7) is 5.36. The Bertz CT molecular complexity index is 1110. The first-order valence-corrected chi connectivity index (χ1v) is 10.8. The minimum absolute atomic E-state index is 0.0433. The van der Waals surface area contributed by atoms with E-state index in [-0.39, 0.29) is 35.7 Å². The van der Waals surface area contributed by atoms with E-state index in [0.29, 0.717) is 30.6 Å². The van der Waals surface area contributed by atoms with Gasteiger partial charge in [-0.25, -0.2) is 9.67 Å². The number of allylic oxidation sites excluding steroid dienone is 3. The SMILES string of the molecule is C=N/C(=C\C=C(/C)Cc1cc2c(c(F)c1OC)OCN([C@H]1CCC[C@@H]1O)C2=O)n1cccn1. The normalized spacial score (nSPS) is 21.1. The van der Waals surface area contributed by atoms with Crippen molar-refractivity contribution in [3.8, 4) is 11.5 Å². The Kier molecular flexibility index (Phi) is 6.60. The van der Waals surface area contributed by atoms with Crippen LogP contribution >= 0.6 is 0 Å². The maximum Gasteiger partial charge on any atom is 0.260 e.